The summed E-state index contributed by atoms with van der Waals surface area (Å²) < 4.78 is 5.35. The standard InChI is InChI=1S/C25H28N8O6/c1-13(23(36)29-16-10-32(11-16)14(2)34)28-25(38)19-8-18(30-21-5-6-27-33(19)21)24(37)26-9-15-3-4-20-17(7-15)31-22(35)12-39-20/h3-5,7-8,13,16,27H,6,9-12H2,1-2H3,(H,26,37)(H,28,38)(H,29,36)(H,31,35)/t13-/m0/s1. The average molecular weight is 537 g/mol. The van der Waals surface area contributed by atoms with Crippen LogP contribution in [-0.2, 0) is 30.5 Å². The van der Waals surface area contributed by atoms with Gasteiger partial charge in [-0.25, -0.2) is 10.4 Å². The zero-order chi connectivity index (χ0) is 27.7. The van der Waals surface area contributed by atoms with Crippen LogP contribution < -0.4 is 31.4 Å². The van der Waals surface area contributed by atoms with Crippen LogP contribution in [0.2, 0.25) is 0 Å². The summed E-state index contributed by atoms with van der Waals surface area (Å²) in [5.74, 6) is -0.823. The summed E-state index contributed by atoms with van der Waals surface area (Å²) in [6.45, 7) is 4.40. The zero-order valence-electron chi connectivity index (χ0n) is 21.4. The van der Waals surface area contributed by atoms with Gasteiger partial charge in [0.05, 0.1) is 11.7 Å². The van der Waals surface area contributed by atoms with E-state index in [9.17, 15) is 24.0 Å². The van der Waals surface area contributed by atoms with Crippen LogP contribution in [0.25, 0.3) is 0 Å². The Bertz CT molecular complexity index is 1350. The predicted octanol–water partition coefficient (Wildman–Crippen LogP) is -1.51. The van der Waals surface area contributed by atoms with Gasteiger partial charge in [-0.15, -0.1) is 0 Å². The van der Waals surface area contributed by atoms with E-state index >= 15 is 0 Å². The van der Waals surface area contributed by atoms with Crippen LogP contribution in [0.4, 0.5) is 5.69 Å². The van der Waals surface area contributed by atoms with Crippen molar-refractivity contribution in [1.82, 2.24) is 31.3 Å². The molecular formula is C25H28N8O6. The van der Waals surface area contributed by atoms with Crippen LogP contribution in [-0.4, -0.2) is 83.5 Å². The molecule has 4 aliphatic rings. The molecule has 1 atom stereocenters. The molecule has 14 nitrogen and oxygen atoms in total. The number of fused-ring (bicyclic) bond motifs is 2. The van der Waals surface area contributed by atoms with E-state index in [-0.39, 0.29) is 48.3 Å². The number of nitrogens with zero attached hydrogens (tertiary/aromatic N) is 3. The van der Waals surface area contributed by atoms with E-state index < -0.39 is 17.9 Å². The fourth-order valence-electron chi connectivity index (χ4n) is 4.34. The second-order valence-electron chi connectivity index (χ2n) is 9.46. The van der Waals surface area contributed by atoms with E-state index in [1.165, 1.54) is 18.0 Å². The third-order valence-electron chi connectivity index (χ3n) is 6.52. The van der Waals surface area contributed by atoms with Crippen LogP contribution >= 0.6 is 0 Å². The van der Waals surface area contributed by atoms with Gasteiger partial charge in [0.25, 0.3) is 17.7 Å². The van der Waals surface area contributed by atoms with E-state index in [2.05, 4.69) is 31.7 Å². The molecule has 204 valence electrons. The molecule has 5 N–H and O–H groups in total. The van der Waals surface area contributed by atoms with Crippen LogP contribution in [0, 0.1) is 0 Å². The Balaban J connectivity index is 1.20. The minimum atomic E-state index is -0.857. The highest BCUT2D eigenvalue weighted by atomic mass is 16.5. The van der Waals surface area contributed by atoms with E-state index in [0.717, 1.165) is 5.56 Å². The van der Waals surface area contributed by atoms with E-state index in [0.29, 0.717) is 36.9 Å². The van der Waals surface area contributed by atoms with Gasteiger partial charge in [-0.3, -0.25) is 29.0 Å². The van der Waals surface area contributed by atoms with Crippen molar-refractivity contribution >= 4 is 40.9 Å². The van der Waals surface area contributed by atoms with E-state index in [4.69, 9.17) is 4.74 Å². The molecule has 14 heteroatoms. The number of ether oxygens (including phenoxy) is 1. The Morgan fingerprint density at radius 2 is 2.00 bits per heavy atom. The maximum atomic E-state index is 13.1. The first-order chi connectivity index (χ1) is 18.7. The van der Waals surface area contributed by atoms with Crippen LogP contribution in [0.3, 0.4) is 0 Å². The summed E-state index contributed by atoms with van der Waals surface area (Å²) in [5.41, 5.74) is 4.38. The van der Waals surface area contributed by atoms with Gasteiger partial charge in [-0.2, -0.15) is 0 Å². The number of benzene rings is 1. The number of carbonyl (C=O) groups excluding carboxylic acids is 5. The summed E-state index contributed by atoms with van der Waals surface area (Å²) in [4.78, 5) is 67.5. The molecule has 0 spiro atoms. The number of nitrogens with one attached hydrogen (secondary N) is 5. The van der Waals surface area contributed by atoms with Crippen molar-refractivity contribution in [2.45, 2.75) is 32.5 Å². The summed E-state index contributed by atoms with van der Waals surface area (Å²) in [6, 6.07) is 4.18. The number of carbonyl (C=O) groups is 5. The normalized spacial score (nSPS) is 18.6. The first kappa shape index (κ1) is 25.9. The molecule has 39 heavy (non-hydrogen) atoms. The fraction of sp³-hybridized carbons (Fsp3) is 0.360. The SMILES string of the molecule is CC(=O)N1CC(NC(=O)[C@H](C)NC(=O)C2=CC(C(=O)NCc3ccc4c(c3)NC(=O)CO4)=NC3=CCNN32)C1. The monoisotopic (exact) mass is 536 g/mol. The molecule has 5 amide bonds. The first-order valence-corrected chi connectivity index (χ1v) is 12.4. The van der Waals surface area contributed by atoms with Gasteiger partial charge >= 0.3 is 0 Å². The maximum absolute atomic E-state index is 13.1. The van der Waals surface area contributed by atoms with Crippen molar-refractivity contribution in [3.63, 3.8) is 0 Å². The predicted molar refractivity (Wildman–Crippen MR) is 138 cm³/mol. The van der Waals surface area contributed by atoms with E-state index in [1.807, 2.05) is 0 Å². The average Bonchev–Trinajstić information content (AvgIpc) is 3.36. The second-order valence-corrected chi connectivity index (χ2v) is 9.46. The molecule has 0 aliphatic carbocycles. The number of hydrogen-bond donors (Lipinski definition) is 5. The second kappa shape index (κ2) is 10.6. The van der Waals surface area contributed by atoms with Gasteiger partial charge in [-0.05, 0) is 30.7 Å². The van der Waals surface area contributed by atoms with Crippen molar-refractivity contribution in [2.75, 3.05) is 31.6 Å². The maximum Gasteiger partial charge on any atom is 0.270 e. The molecule has 4 aliphatic heterocycles. The van der Waals surface area contributed by atoms with Crippen molar-refractivity contribution < 1.29 is 28.7 Å². The third-order valence-corrected chi connectivity index (χ3v) is 6.52. The lowest BCUT2D eigenvalue weighted by molar-refractivity contribution is -0.136. The molecule has 0 aromatic heterocycles. The highest BCUT2D eigenvalue weighted by Crippen LogP contribution is 2.28. The van der Waals surface area contributed by atoms with Gasteiger partial charge in [0, 0.05) is 39.2 Å². The van der Waals surface area contributed by atoms with Crippen molar-refractivity contribution in [2.24, 2.45) is 4.99 Å². The number of rotatable bonds is 7. The lowest BCUT2D eigenvalue weighted by atomic mass is 10.1. The molecule has 1 saturated heterocycles. The van der Waals surface area contributed by atoms with Crippen LogP contribution in [0.15, 0.2) is 46.9 Å². The quantitative estimate of drug-likeness (QED) is 0.280. The smallest absolute Gasteiger partial charge is 0.270 e. The molecule has 0 bridgehead atoms. The van der Waals surface area contributed by atoms with E-state index in [1.54, 1.807) is 36.1 Å². The highest BCUT2D eigenvalue weighted by molar-refractivity contribution is 6.44. The molecular weight excluding hydrogens is 508 g/mol. The van der Waals surface area contributed by atoms with Gasteiger partial charge < -0.3 is 30.9 Å². The van der Waals surface area contributed by atoms with Crippen molar-refractivity contribution in [3.05, 3.63) is 47.4 Å². The molecule has 0 radical (unpaired) electrons. The van der Waals surface area contributed by atoms with Gasteiger partial charge in [-0.1, -0.05) is 6.07 Å². The molecule has 1 aromatic rings. The van der Waals surface area contributed by atoms with Crippen molar-refractivity contribution in [1.29, 1.82) is 0 Å². The van der Waals surface area contributed by atoms with Crippen LogP contribution in [0.5, 0.6) is 5.75 Å². The number of aliphatic imine (C=N–C) groups is 1. The number of hydrazine groups is 1. The van der Waals surface area contributed by atoms with Crippen molar-refractivity contribution in [3.8, 4) is 5.75 Å². The minimum Gasteiger partial charge on any atom is -0.482 e. The molecule has 1 aromatic carbocycles. The Labute approximate surface area is 223 Å². The fourth-order valence-corrected chi connectivity index (χ4v) is 4.34. The molecule has 0 saturated carbocycles. The lowest BCUT2D eigenvalue weighted by Gasteiger charge is -2.39. The summed E-state index contributed by atoms with van der Waals surface area (Å²) in [7, 11) is 0. The van der Waals surface area contributed by atoms with Crippen LogP contribution in [0.1, 0.15) is 19.4 Å². The number of likely N-dealkylation sites (tertiary alicyclic amines) is 1. The molecule has 5 rings (SSSR count). The van der Waals surface area contributed by atoms with Gasteiger partial charge in [0.2, 0.25) is 11.8 Å². The number of hydrogen-bond acceptors (Lipinski definition) is 9. The third kappa shape index (κ3) is 5.60. The summed E-state index contributed by atoms with van der Waals surface area (Å²) in [6.07, 6.45) is 3.08. The Morgan fingerprint density at radius 1 is 1.21 bits per heavy atom. The minimum absolute atomic E-state index is 0.0249. The number of anilines is 1. The Kier molecular flexibility index (Phi) is 7.02. The lowest BCUT2D eigenvalue weighted by Crippen LogP contribution is -2.62. The Hall–Kier alpha value is -4.72. The largest absolute Gasteiger partial charge is 0.482 e. The molecule has 0 unspecified atom stereocenters. The molecule has 1 fully saturated rings. The van der Waals surface area contributed by atoms with Gasteiger partial charge in [0.15, 0.2) is 6.61 Å². The summed E-state index contributed by atoms with van der Waals surface area (Å²) >= 11 is 0. The first-order valence-electron chi connectivity index (χ1n) is 12.4. The topological polar surface area (TPSA) is 174 Å². The number of amides is 5. The molecule has 4 heterocycles. The zero-order valence-corrected chi connectivity index (χ0v) is 21.4. The highest BCUT2D eigenvalue weighted by Gasteiger charge is 2.33. The Morgan fingerprint density at radius 3 is 2.77 bits per heavy atom. The van der Waals surface area contributed by atoms with Gasteiger partial charge in [0.1, 0.15) is 29.0 Å². The summed E-state index contributed by atoms with van der Waals surface area (Å²) in [5, 5.41) is 12.4.